The Hall–Kier alpha value is -1.75. The van der Waals surface area contributed by atoms with Crippen LogP contribution >= 0.6 is 0 Å². The highest BCUT2D eigenvalue weighted by molar-refractivity contribution is 5.59. The van der Waals surface area contributed by atoms with Gasteiger partial charge in [-0.2, -0.15) is 4.98 Å². The Labute approximate surface area is 123 Å². The van der Waals surface area contributed by atoms with Gasteiger partial charge in [0.15, 0.2) is 0 Å². The maximum Gasteiger partial charge on any atom is 0.244 e. The van der Waals surface area contributed by atoms with Gasteiger partial charge in [0.2, 0.25) is 11.7 Å². The third-order valence-corrected chi connectivity index (χ3v) is 4.31. The Morgan fingerprint density at radius 3 is 2.76 bits per heavy atom. The molecule has 4 nitrogen and oxygen atoms in total. The van der Waals surface area contributed by atoms with Crippen LogP contribution in [0.15, 0.2) is 22.7 Å². The normalized spacial score (nSPS) is 17.9. The van der Waals surface area contributed by atoms with Crippen molar-refractivity contribution in [1.29, 1.82) is 0 Å². The fraction of sp³-hybridized carbons (Fsp3) is 0.500. The summed E-state index contributed by atoms with van der Waals surface area (Å²) in [4.78, 5) is 4.42. The molecule has 1 aliphatic rings. The minimum absolute atomic E-state index is 0.202. The first-order valence-corrected chi connectivity index (χ1v) is 7.51. The van der Waals surface area contributed by atoms with Crippen molar-refractivity contribution in [3.63, 3.8) is 0 Å². The van der Waals surface area contributed by atoms with Crippen molar-refractivity contribution in [3.8, 4) is 11.4 Å². The van der Waals surface area contributed by atoms with Crippen molar-refractivity contribution in [3.05, 3.63) is 35.5 Å². The van der Waals surface area contributed by atoms with Crippen LogP contribution < -0.4 is 5.73 Å². The molecule has 5 heteroatoms. The number of benzene rings is 1. The second-order valence-electron chi connectivity index (χ2n) is 5.84. The Balaban J connectivity index is 1.82. The van der Waals surface area contributed by atoms with Gasteiger partial charge in [-0.25, -0.2) is 4.39 Å². The number of aryl methyl sites for hydroxylation is 1. The van der Waals surface area contributed by atoms with Crippen LogP contribution in [-0.4, -0.2) is 10.1 Å². The lowest BCUT2D eigenvalue weighted by Crippen LogP contribution is -2.23. The molecule has 1 fully saturated rings. The lowest BCUT2D eigenvalue weighted by atomic mass is 9.84. The van der Waals surface area contributed by atoms with Gasteiger partial charge in [0.05, 0.1) is 6.04 Å². The molecule has 0 bridgehead atoms. The lowest BCUT2D eigenvalue weighted by Gasteiger charge is -2.24. The molecule has 2 N–H and O–H groups in total. The number of halogens is 1. The molecule has 1 atom stereocenters. The molecule has 112 valence electrons. The molecule has 1 aromatic carbocycles. The van der Waals surface area contributed by atoms with E-state index in [4.69, 9.17) is 10.3 Å². The molecule has 1 saturated carbocycles. The summed E-state index contributed by atoms with van der Waals surface area (Å²) in [5, 5.41) is 4.00. The van der Waals surface area contributed by atoms with Gasteiger partial charge in [0.25, 0.3) is 0 Å². The van der Waals surface area contributed by atoms with Crippen LogP contribution in [0.25, 0.3) is 11.4 Å². The monoisotopic (exact) mass is 289 g/mol. The highest BCUT2D eigenvalue weighted by Crippen LogP contribution is 2.33. The number of nitrogens with zero attached hydrogens (tertiary/aromatic N) is 2. The van der Waals surface area contributed by atoms with E-state index in [-0.39, 0.29) is 11.9 Å². The summed E-state index contributed by atoms with van der Waals surface area (Å²) in [5.41, 5.74) is 7.83. The third-order valence-electron chi connectivity index (χ3n) is 4.31. The lowest BCUT2D eigenvalue weighted by molar-refractivity contribution is 0.255. The SMILES string of the molecule is Cc1cc(F)ccc1-c1noc(C(N)C2CCCCC2)n1. The standard InChI is InChI=1S/C16H20FN3O/c1-10-9-12(17)7-8-13(10)15-19-16(21-20-15)14(18)11-5-3-2-4-6-11/h7-9,11,14H,2-6,18H2,1H3. The Morgan fingerprint density at radius 1 is 1.29 bits per heavy atom. The molecule has 0 saturated heterocycles. The predicted octanol–water partition coefficient (Wildman–Crippen LogP) is 3.76. The average molecular weight is 289 g/mol. The largest absolute Gasteiger partial charge is 0.337 e. The molecule has 1 aromatic heterocycles. The molecule has 1 unspecified atom stereocenters. The number of hydrogen-bond acceptors (Lipinski definition) is 4. The van der Waals surface area contributed by atoms with Gasteiger partial charge in [0.1, 0.15) is 5.82 Å². The maximum absolute atomic E-state index is 13.2. The van der Waals surface area contributed by atoms with E-state index in [9.17, 15) is 4.39 Å². The summed E-state index contributed by atoms with van der Waals surface area (Å²) < 4.78 is 18.5. The van der Waals surface area contributed by atoms with Crippen molar-refractivity contribution in [2.45, 2.75) is 45.1 Å². The predicted molar refractivity (Wildman–Crippen MR) is 77.9 cm³/mol. The quantitative estimate of drug-likeness (QED) is 0.934. The molecule has 0 spiro atoms. The Kier molecular flexibility index (Phi) is 4.01. The van der Waals surface area contributed by atoms with Gasteiger partial charge in [0, 0.05) is 5.56 Å². The van der Waals surface area contributed by atoms with E-state index in [0.29, 0.717) is 17.6 Å². The van der Waals surface area contributed by atoms with Gasteiger partial charge in [-0.3, -0.25) is 0 Å². The van der Waals surface area contributed by atoms with Crippen molar-refractivity contribution in [2.24, 2.45) is 11.7 Å². The van der Waals surface area contributed by atoms with E-state index in [1.54, 1.807) is 6.07 Å². The molecule has 1 heterocycles. The summed E-state index contributed by atoms with van der Waals surface area (Å²) in [7, 11) is 0. The second kappa shape index (κ2) is 5.93. The van der Waals surface area contributed by atoms with Crippen molar-refractivity contribution < 1.29 is 8.91 Å². The summed E-state index contributed by atoms with van der Waals surface area (Å²) in [6, 6.07) is 4.34. The zero-order valence-corrected chi connectivity index (χ0v) is 12.2. The summed E-state index contributed by atoms with van der Waals surface area (Å²) >= 11 is 0. The van der Waals surface area contributed by atoms with Crippen molar-refractivity contribution >= 4 is 0 Å². The van der Waals surface area contributed by atoms with Crippen LogP contribution in [-0.2, 0) is 0 Å². The molecule has 2 aromatic rings. The first-order chi connectivity index (χ1) is 10.1. The fourth-order valence-corrected chi connectivity index (χ4v) is 3.05. The zero-order chi connectivity index (χ0) is 14.8. The molecule has 3 rings (SSSR count). The van der Waals surface area contributed by atoms with E-state index < -0.39 is 0 Å². The van der Waals surface area contributed by atoms with Crippen LogP contribution in [0, 0.1) is 18.7 Å². The number of hydrogen-bond donors (Lipinski definition) is 1. The minimum atomic E-state index is -0.265. The fourth-order valence-electron chi connectivity index (χ4n) is 3.05. The summed E-state index contributed by atoms with van der Waals surface area (Å²) in [6.07, 6.45) is 5.96. The second-order valence-corrected chi connectivity index (χ2v) is 5.84. The topological polar surface area (TPSA) is 64.9 Å². The number of nitrogens with two attached hydrogens (primary N) is 1. The van der Waals surface area contributed by atoms with E-state index in [1.165, 1.54) is 31.4 Å². The van der Waals surface area contributed by atoms with Crippen LogP contribution in [0.3, 0.4) is 0 Å². The van der Waals surface area contributed by atoms with Crippen LogP contribution in [0.4, 0.5) is 4.39 Å². The van der Waals surface area contributed by atoms with Crippen LogP contribution in [0.2, 0.25) is 0 Å². The first kappa shape index (κ1) is 14.2. The van der Waals surface area contributed by atoms with Gasteiger partial charge in [-0.1, -0.05) is 24.4 Å². The van der Waals surface area contributed by atoms with Gasteiger partial charge in [-0.15, -0.1) is 0 Å². The minimum Gasteiger partial charge on any atom is -0.337 e. The molecular weight excluding hydrogens is 269 g/mol. The third kappa shape index (κ3) is 2.97. The molecular formula is C16H20FN3O. The van der Waals surface area contributed by atoms with E-state index >= 15 is 0 Å². The first-order valence-electron chi connectivity index (χ1n) is 7.51. The van der Waals surface area contributed by atoms with Gasteiger partial charge < -0.3 is 10.3 Å². The van der Waals surface area contributed by atoms with Crippen molar-refractivity contribution in [1.82, 2.24) is 10.1 Å². The van der Waals surface area contributed by atoms with Gasteiger partial charge in [-0.05, 0) is 49.4 Å². The van der Waals surface area contributed by atoms with E-state index in [0.717, 1.165) is 24.0 Å². The van der Waals surface area contributed by atoms with Gasteiger partial charge >= 0.3 is 0 Å². The average Bonchev–Trinajstić information content (AvgIpc) is 2.97. The molecule has 1 aliphatic carbocycles. The highest BCUT2D eigenvalue weighted by Gasteiger charge is 2.26. The highest BCUT2D eigenvalue weighted by atomic mass is 19.1. The maximum atomic E-state index is 13.2. The van der Waals surface area contributed by atoms with E-state index in [1.807, 2.05) is 6.92 Å². The van der Waals surface area contributed by atoms with E-state index in [2.05, 4.69) is 10.1 Å². The Bertz CT molecular complexity index is 620. The zero-order valence-electron chi connectivity index (χ0n) is 12.2. The van der Waals surface area contributed by atoms with Crippen molar-refractivity contribution in [2.75, 3.05) is 0 Å². The number of aromatic nitrogens is 2. The summed E-state index contributed by atoms with van der Waals surface area (Å²) in [5.74, 6) is 1.12. The number of rotatable bonds is 3. The Morgan fingerprint density at radius 2 is 2.05 bits per heavy atom. The van der Waals surface area contributed by atoms with Crippen LogP contribution in [0.5, 0.6) is 0 Å². The molecule has 0 aliphatic heterocycles. The smallest absolute Gasteiger partial charge is 0.244 e. The molecule has 21 heavy (non-hydrogen) atoms. The van der Waals surface area contributed by atoms with Crippen LogP contribution in [0.1, 0.15) is 49.6 Å². The molecule has 0 radical (unpaired) electrons. The molecule has 0 amide bonds. The summed E-state index contributed by atoms with van der Waals surface area (Å²) in [6.45, 7) is 1.83.